The molecular weight excluding hydrogens is 158 g/mol. The third-order valence-electron chi connectivity index (χ3n) is 1.48. The minimum absolute atomic E-state index is 0.124. The van der Waals surface area contributed by atoms with Gasteiger partial charge in [-0.1, -0.05) is 0 Å². The van der Waals surface area contributed by atoms with Gasteiger partial charge in [0.2, 0.25) is 0 Å². The van der Waals surface area contributed by atoms with E-state index >= 15 is 0 Å². The minimum atomic E-state index is 0.124. The number of aromatic amines is 1. The Morgan fingerprint density at radius 3 is 2.92 bits per heavy atom. The summed E-state index contributed by atoms with van der Waals surface area (Å²) in [5, 5.41) is 10.0. The summed E-state index contributed by atoms with van der Waals surface area (Å²) in [6.45, 7) is 1.89. The van der Waals surface area contributed by atoms with Gasteiger partial charge >= 0.3 is 0 Å². The monoisotopic (exact) mass is 165 g/mol. The van der Waals surface area contributed by atoms with Gasteiger partial charge in [0.25, 0.3) is 11.8 Å². The van der Waals surface area contributed by atoms with Gasteiger partial charge in [-0.25, -0.2) is 0 Å². The largest absolute Gasteiger partial charge is 0.365 e. The van der Waals surface area contributed by atoms with Gasteiger partial charge in [0, 0.05) is 0 Å². The molecular formula is C6H7N5O. The number of aromatic nitrogens is 4. The highest BCUT2D eigenvalue weighted by atomic mass is 16.5. The van der Waals surface area contributed by atoms with Gasteiger partial charge in [-0.15, -0.1) is 0 Å². The maximum absolute atomic E-state index is 5.28. The molecule has 0 saturated heterocycles. The van der Waals surface area contributed by atoms with Crippen molar-refractivity contribution in [3.63, 3.8) is 0 Å². The van der Waals surface area contributed by atoms with E-state index in [2.05, 4.69) is 20.3 Å². The van der Waals surface area contributed by atoms with Crippen molar-refractivity contribution >= 4 is 5.95 Å². The van der Waals surface area contributed by atoms with E-state index in [-0.39, 0.29) is 5.95 Å². The predicted molar refractivity (Wildman–Crippen MR) is 41.0 cm³/mol. The predicted octanol–water partition coefficient (Wildman–Crippen LogP) is 0.350. The van der Waals surface area contributed by atoms with Crippen LogP contribution in [0.25, 0.3) is 11.6 Å². The molecule has 0 amide bonds. The van der Waals surface area contributed by atoms with Crippen molar-refractivity contribution in [1.82, 2.24) is 20.3 Å². The van der Waals surface area contributed by atoms with Gasteiger partial charge in [0.05, 0.1) is 6.20 Å². The molecule has 0 aliphatic heterocycles. The molecule has 12 heavy (non-hydrogen) atoms. The van der Waals surface area contributed by atoms with Gasteiger partial charge < -0.3 is 10.3 Å². The van der Waals surface area contributed by atoms with Crippen LogP contribution in [0, 0.1) is 6.92 Å². The van der Waals surface area contributed by atoms with Crippen molar-refractivity contribution < 1.29 is 4.52 Å². The van der Waals surface area contributed by atoms with Crippen molar-refractivity contribution in [2.24, 2.45) is 0 Å². The molecule has 0 unspecified atom stereocenters. The summed E-state index contributed by atoms with van der Waals surface area (Å²) in [6, 6.07) is 0. The zero-order valence-electron chi connectivity index (χ0n) is 6.40. The fourth-order valence-electron chi connectivity index (χ4n) is 0.899. The maximum atomic E-state index is 5.28. The smallest absolute Gasteiger partial charge is 0.277 e. The van der Waals surface area contributed by atoms with Gasteiger partial charge in [0.15, 0.2) is 0 Å². The van der Waals surface area contributed by atoms with Crippen molar-refractivity contribution in [1.29, 1.82) is 0 Å². The van der Waals surface area contributed by atoms with E-state index in [1.807, 2.05) is 6.92 Å². The average molecular weight is 165 g/mol. The number of rotatable bonds is 1. The third-order valence-corrected chi connectivity index (χ3v) is 1.48. The maximum Gasteiger partial charge on any atom is 0.277 e. The first-order valence-electron chi connectivity index (χ1n) is 3.37. The molecule has 2 aromatic rings. The SMILES string of the molecule is Cc1cn[nH]c1-c1nc(N)no1. The second kappa shape index (κ2) is 2.33. The fraction of sp³-hybridized carbons (Fsp3) is 0.167. The van der Waals surface area contributed by atoms with Crippen LogP contribution in [0.2, 0.25) is 0 Å². The molecule has 0 atom stereocenters. The Morgan fingerprint density at radius 1 is 1.58 bits per heavy atom. The minimum Gasteiger partial charge on any atom is -0.365 e. The van der Waals surface area contributed by atoms with E-state index in [0.717, 1.165) is 5.56 Å². The highest BCUT2D eigenvalue weighted by Crippen LogP contribution is 2.17. The number of nitrogens with one attached hydrogen (secondary N) is 1. The highest BCUT2D eigenvalue weighted by molar-refractivity contribution is 5.52. The van der Waals surface area contributed by atoms with Crippen LogP contribution in [0.15, 0.2) is 10.7 Å². The molecule has 3 N–H and O–H groups in total. The summed E-state index contributed by atoms with van der Waals surface area (Å²) in [5.74, 6) is 0.488. The lowest BCUT2D eigenvalue weighted by molar-refractivity contribution is 0.431. The number of anilines is 1. The normalized spacial score (nSPS) is 10.4. The van der Waals surface area contributed by atoms with Gasteiger partial charge in [-0.2, -0.15) is 10.1 Å². The standard InChI is InChI=1S/C6H7N5O/c1-3-2-8-10-4(3)5-9-6(7)11-12-5/h2H,1H3,(H2,7,11)(H,8,10). The Kier molecular flexibility index (Phi) is 1.33. The van der Waals surface area contributed by atoms with Crippen LogP contribution >= 0.6 is 0 Å². The summed E-state index contributed by atoms with van der Waals surface area (Å²) in [5.41, 5.74) is 6.94. The lowest BCUT2D eigenvalue weighted by Gasteiger charge is -1.87. The molecule has 2 rings (SSSR count). The first-order valence-corrected chi connectivity index (χ1v) is 3.37. The molecule has 0 aliphatic carbocycles. The number of nitrogens with zero attached hydrogens (tertiary/aromatic N) is 3. The molecule has 6 heteroatoms. The molecule has 0 aromatic carbocycles. The Morgan fingerprint density at radius 2 is 2.42 bits per heavy atom. The van der Waals surface area contributed by atoms with Crippen LogP contribution in [-0.4, -0.2) is 20.3 Å². The fourth-order valence-corrected chi connectivity index (χ4v) is 0.899. The lowest BCUT2D eigenvalue weighted by atomic mass is 10.3. The summed E-state index contributed by atoms with van der Waals surface area (Å²) in [6.07, 6.45) is 1.68. The van der Waals surface area contributed by atoms with E-state index in [1.165, 1.54) is 0 Å². The molecule has 6 nitrogen and oxygen atoms in total. The zero-order chi connectivity index (χ0) is 8.55. The molecule has 62 valence electrons. The van der Waals surface area contributed by atoms with Crippen LogP contribution in [0.3, 0.4) is 0 Å². The number of H-pyrrole nitrogens is 1. The summed E-state index contributed by atoms with van der Waals surface area (Å²) >= 11 is 0. The van der Waals surface area contributed by atoms with Crippen LogP contribution < -0.4 is 5.73 Å². The molecule has 0 bridgehead atoms. The molecule has 2 heterocycles. The number of aryl methyl sites for hydroxylation is 1. The third kappa shape index (κ3) is 0.931. The van der Waals surface area contributed by atoms with E-state index in [9.17, 15) is 0 Å². The quantitative estimate of drug-likeness (QED) is 0.635. The van der Waals surface area contributed by atoms with Crippen LogP contribution in [0.5, 0.6) is 0 Å². The van der Waals surface area contributed by atoms with Crippen LogP contribution in [0.4, 0.5) is 5.95 Å². The highest BCUT2D eigenvalue weighted by Gasteiger charge is 2.10. The zero-order valence-corrected chi connectivity index (χ0v) is 6.40. The van der Waals surface area contributed by atoms with E-state index < -0.39 is 0 Å². The topological polar surface area (TPSA) is 93.6 Å². The molecule has 0 radical (unpaired) electrons. The first-order chi connectivity index (χ1) is 5.77. The number of hydrogen-bond acceptors (Lipinski definition) is 5. The molecule has 0 saturated carbocycles. The van der Waals surface area contributed by atoms with Gasteiger partial charge in [-0.3, -0.25) is 5.10 Å². The Balaban J connectivity index is 2.50. The Hall–Kier alpha value is -1.85. The van der Waals surface area contributed by atoms with Crippen molar-refractivity contribution in [2.75, 3.05) is 5.73 Å². The van der Waals surface area contributed by atoms with Gasteiger partial charge in [-0.05, 0) is 17.6 Å². The van der Waals surface area contributed by atoms with E-state index in [4.69, 9.17) is 10.3 Å². The van der Waals surface area contributed by atoms with Crippen molar-refractivity contribution in [3.05, 3.63) is 11.8 Å². The average Bonchev–Trinajstić information content (AvgIpc) is 2.58. The Bertz CT molecular complexity index is 390. The number of hydrogen-bond donors (Lipinski definition) is 2. The Labute approximate surface area is 67.8 Å². The first kappa shape index (κ1) is 6.84. The lowest BCUT2D eigenvalue weighted by Crippen LogP contribution is -1.86. The summed E-state index contributed by atoms with van der Waals surface area (Å²) in [7, 11) is 0. The molecule has 0 spiro atoms. The van der Waals surface area contributed by atoms with Crippen LogP contribution in [-0.2, 0) is 0 Å². The molecule has 2 aromatic heterocycles. The molecule has 0 fully saturated rings. The molecule has 0 aliphatic rings. The number of nitrogens with two attached hydrogens (primary N) is 1. The second-order valence-electron chi connectivity index (χ2n) is 2.39. The summed E-state index contributed by atoms with van der Waals surface area (Å²) < 4.78 is 4.83. The van der Waals surface area contributed by atoms with Crippen molar-refractivity contribution in [2.45, 2.75) is 6.92 Å². The van der Waals surface area contributed by atoms with Crippen molar-refractivity contribution in [3.8, 4) is 11.6 Å². The van der Waals surface area contributed by atoms with Gasteiger partial charge in [0.1, 0.15) is 5.69 Å². The van der Waals surface area contributed by atoms with E-state index in [1.54, 1.807) is 6.20 Å². The van der Waals surface area contributed by atoms with Crippen LogP contribution in [0.1, 0.15) is 5.56 Å². The second-order valence-corrected chi connectivity index (χ2v) is 2.39. The summed E-state index contributed by atoms with van der Waals surface area (Å²) in [4.78, 5) is 3.84. The number of nitrogen functional groups attached to an aromatic ring is 1. The van der Waals surface area contributed by atoms with E-state index in [0.29, 0.717) is 11.6 Å².